The average Bonchev–Trinajstić information content (AvgIpc) is 1.94. The molecule has 0 saturated carbocycles. The average molecular weight is 201 g/mol. The lowest BCUT2D eigenvalue weighted by Gasteiger charge is -2.26. The first-order valence-corrected chi connectivity index (χ1v) is 5.36. The number of hydrogen-bond acceptors (Lipinski definition) is 3. The molecule has 3 heteroatoms. The Labute approximate surface area is 88.8 Å². The van der Waals surface area contributed by atoms with Crippen molar-refractivity contribution in [3.05, 3.63) is 0 Å². The first-order valence-electron chi connectivity index (χ1n) is 5.36. The lowest BCUT2D eigenvalue weighted by Crippen LogP contribution is -2.39. The molecule has 0 aromatic rings. The van der Waals surface area contributed by atoms with E-state index in [4.69, 9.17) is 11.5 Å². The molecule has 14 heavy (non-hydrogen) atoms. The van der Waals surface area contributed by atoms with Crippen molar-refractivity contribution in [1.82, 2.24) is 4.90 Å². The minimum Gasteiger partial charge on any atom is -0.326 e. The minimum absolute atomic E-state index is 0.0630. The second kappa shape index (κ2) is 5.10. The summed E-state index contributed by atoms with van der Waals surface area (Å²) < 4.78 is 0. The predicted molar refractivity (Wildman–Crippen MR) is 63.3 cm³/mol. The van der Waals surface area contributed by atoms with Crippen LogP contribution in [0, 0.1) is 0 Å². The maximum atomic E-state index is 5.91. The molecule has 0 spiro atoms. The van der Waals surface area contributed by atoms with E-state index < -0.39 is 0 Å². The SMILES string of the molecule is CN(CCC(C)(C)N)CCC(C)(C)N. The molecule has 3 nitrogen and oxygen atoms in total. The Hall–Kier alpha value is -0.120. The van der Waals surface area contributed by atoms with Crippen molar-refractivity contribution in [2.24, 2.45) is 11.5 Å². The van der Waals surface area contributed by atoms with Gasteiger partial charge in [-0.2, -0.15) is 0 Å². The molecule has 0 aromatic heterocycles. The molecular weight excluding hydrogens is 174 g/mol. The molecule has 0 saturated heterocycles. The summed E-state index contributed by atoms with van der Waals surface area (Å²) in [5.74, 6) is 0. The molecule has 0 fully saturated rings. The molecule has 0 rings (SSSR count). The summed E-state index contributed by atoms with van der Waals surface area (Å²) in [6.07, 6.45) is 2.04. The molecule has 4 N–H and O–H groups in total. The van der Waals surface area contributed by atoms with Gasteiger partial charge < -0.3 is 16.4 Å². The quantitative estimate of drug-likeness (QED) is 0.678. The number of nitrogens with zero attached hydrogens (tertiary/aromatic N) is 1. The zero-order chi connectivity index (χ0) is 11.4. The molecule has 86 valence electrons. The van der Waals surface area contributed by atoms with Crippen LogP contribution in [0.15, 0.2) is 0 Å². The Kier molecular flexibility index (Phi) is 5.06. The summed E-state index contributed by atoms with van der Waals surface area (Å²) in [4.78, 5) is 2.29. The summed E-state index contributed by atoms with van der Waals surface area (Å²) >= 11 is 0. The maximum absolute atomic E-state index is 5.91. The van der Waals surface area contributed by atoms with E-state index in [1.165, 1.54) is 0 Å². The second-order valence-electron chi connectivity index (χ2n) is 5.78. The van der Waals surface area contributed by atoms with Gasteiger partial charge >= 0.3 is 0 Å². The zero-order valence-corrected chi connectivity index (χ0v) is 10.4. The third kappa shape index (κ3) is 9.96. The third-order valence-electron chi connectivity index (χ3n) is 2.28. The smallest absolute Gasteiger partial charge is 0.0109 e. The van der Waals surface area contributed by atoms with Crippen molar-refractivity contribution in [1.29, 1.82) is 0 Å². The molecule has 0 unspecified atom stereocenters. The lowest BCUT2D eigenvalue weighted by atomic mass is 10.0. The van der Waals surface area contributed by atoms with Gasteiger partial charge in [-0.3, -0.25) is 0 Å². The molecule has 0 bridgehead atoms. The first-order chi connectivity index (χ1) is 6.10. The van der Waals surface area contributed by atoms with E-state index in [2.05, 4.69) is 39.6 Å². The van der Waals surface area contributed by atoms with Crippen LogP contribution in [0.2, 0.25) is 0 Å². The molecule has 0 aromatic carbocycles. The predicted octanol–water partition coefficient (Wildman–Crippen LogP) is 1.17. The minimum atomic E-state index is -0.0630. The second-order valence-corrected chi connectivity index (χ2v) is 5.78. The normalized spacial score (nSPS) is 13.7. The Morgan fingerprint density at radius 2 is 1.14 bits per heavy atom. The summed E-state index contributed by atoms with van der Waals surface area (Å²) in [5, 5.41) is 0. The Bertz CT molecular complexity index is 135. The van der Waals surface area contributed by atoms with Crippen molar-refractivity contribution >= 4 is 0 Å². The molecule has 0 aliphatic rings. The van der Waals surface area contributed by atoms with Gasteiger partial charge in [0.25, 0.3) is 0 Å². The first kappa shape index (κ1) is 13.9. The van der Waals surface area contributed by atoms with E-state index >= 15 is 0 Å². The van der Waals surface area contributed by atoms with Gasteiger partial charge in [-0.1, -0.05) is 0 Å². The topological polar surface area (TPSA) is 55.3 Å². The van der Waals surface area contributed by atoms with Crippen molar-refractivity contribution in [3.63, 3.8) is 0 Å². The fraction of sp³-hybridized carbons (Fsp3) is 1.00. The van der Waals surface area contributed by atoms with E-state index in [0.29, 0.717) is 0 Å². The zero-order valence-electron chi connectivity index (χ0n) is 10.4. The molecule has 0 radical (unpaired) electrons. The third-order valence-corrected chi connectivity index (χ3v) is 2.28. The highest BCUT2D eigenvalue weighted by atomic mass is 15.1. The monoisotopic (exact) mass is 201 g/mol. The highest BCUT2D eigenvalue weighted by molar-refractivity contribution is 4.76. The molecule has 0 aliphatic heterocycles. The van der Waals surface area contributed by atoms with Crippen molar-refractivity contribution in [2.75, 3.05) is 20.1 Å². The van der Waals surface area contributed by atoms with Crippen molar-refractivity contribution < 1.29 is 0 Å². The van der Waals surface area contributed by atoms with Crippen LogP contribution in [0.25, 0.3) is 0 Å². The number of nitrogens with two attached hydrogens (primary N) is 2. The van der Waals surface area contributed by atoms with Crippen molar-refractivity contribution in [2.45, 2.75) is 51.6 Å². The standard InChI is InChI=1S/C11H27N3/c1-10(2,12)6-8-14(5)9-7-11(3,4)13/h6-9,12-13H2,1-5H3. The fourth-order valence-electron chi connectivity index (χ4n) is 1.07. The lowest BCUT2D eigenvalue weighted by molar-refractivity contribution is 0.270. The molecular formula is C11H27N3. The Morgan fingerprint density at radius 3 is 1.36 bits per heavy atom. The van der Waals surface area contributed by atoms with Gasteiger partial charge in [0.15, 0.2) is 0 Å². The maximum Gasteiger partial charge on any atom is 0.0109 e. The van der Waals surface area contributed by atoms with E-state index in [1.54, 1.807) is 0 Å². The van der Waals surface area contributed by atoms with Crippen LogP contribution in [0.5, 0.6) is 0 Å². The number of hydrogen-bond donors (Lipinski definition) is 2. The van der Waals surface area contributed by atoms with E-state index in [-0.39, 0.29) is 11.1 Å². The Balaban J connectivity index is 3.62. The van der Waals surface area contributed by atoms with Gasteiger partial charge in [-0.25, -0.2) is 0 Å². The Morgan fingerprint density at radius 1 is 0.857 bits per heavy atom. The van der Waals surface area contributed by atoms with Crippen LogP contribution in [-0.2, 0) is 0 Å². The molecule has 0 amide bonds. The van der Waals surface area contributed by atoms with Crippen LogP contribution in [0.4, 0.5) is 0 Å². The highest BCUT2D eigenvalue weighted by Gasteiger charge is 2.14. The summed E-state index contributed by atoms with van der Waals surface area (Å²) in [6.45, 7) is 10.3. The summed E-state index contributed by atoms with van der Waals surface area (Å²) in [6, 6.07) is 0. The van der Waals surface area contributed by atoms with E-state index in [9.17, 15) is 0 Å². The van der Waals surface area contributed by atoms with Crippen LogP contribution < -0.4 is 11.5 Å². The van der Waals surface area contributed by atoms with Crippen LogP contribution in [-0.4, -0.2) is 36.1 Å². The molecule has 0 heterocycles. The molecule has 0 aliphatic carbocycles. The largest absolute Gasteiger partial charge is 0.326 e. The summed E-state index contributed by atoms with van der Waals surface area (Å²) in [5.41, 5.74) is 11.7. The van der Waals surface area contributed by atoms with Gasteiger partial charge in [0.2, 0.25) is 0 Å². The van der Waals surface area contributed by atoms with Crippen LogP contribution in [0.1, 0.15) is 40.5 Å². The van der Waals surface area contributed by atoms with Gasteiger partial charge in [-0.05, 0) is 60.7 Å². The van der Waals surface area contributed by atoms with E-state index in [1.807, 2.05) is 0 Å². The molecule has 0 atom stereocenters. The van der Waals surface area contributed by atoms with Gasteiger partial charge in [-0.15, -0.1) is 0 Å². The number of rotatable bonds is 6. The van der Waals surface area contributed by atoms with Gasteiger partial charge in [0, 0.05) is 11.1 Å². The van der Waals surface area contributed by atoms with Crippen LogP contribution in [0.3, 0.4) is 0 Å². The van der Waals surface area contributed by atoms with Gasteiger partial charge in [0.05, 0.1) is 0 Å². The van der Waals surface area contributed by atoms with Crippen LogP contribution >= 0.6 is 0 Å². The fourth-order valence-corrected chi connectivity index (χ4v) is 1.07. The van der Waals surface area contributed by atoms with Crippen molar-refractivity contribution in [3.8, 4) is 0 Å². The highest BCUT2D eigenvalue weighted by Crippen LogP contribution is 2.07. The van der Waals surface area contributed by atoms with E-state index in [0.717, 1.165) is 25.9 Å². The summed E-state index contributed by atoms with van der Waals surface area (Å²) in [7, 11) is 2.12. The van der Waals surface area contributed by atoms with Gasteiger partial charge in [0.1, 0.15) is 0 Å².